The largest absolute Gasteiger partial charge is 0.462 e. The molecule has 0 unspecified atom stereocenters. The van der Waals surface area contributed by atoms with Crippen molar-refractivity contribution in [2.75, 3.05) is 36.9 Å². The Balaban J connectivity index is 1.07. The number of nitrogens with one attached hydrogen (secondary N) is 2. The fourth-order valence-corrected chi connectivity index (χ4v) is 11.8. The summed E-state index contributed by atoms with van der Waals surface area (Å²) in [5, 5.41) is 6.61. The zero-order valence-electron chi connectivity index (χ0n) is 28.5. The molecule has 52 heavy (non-hydrogen) atoms. The average Bonchev–Trinajstić information content (AvgIpc) is 3.82. The van der Waals surface area contributed by atoms with Crippen LogP contribution in [0.3, 0.4) is 0 Å². The third-order valence-corrected chi connectivity index (χ3v) is 14.3. The van der Waals surface area contributed by atoms with Crippen LogP contribution in [0.5, 0.6) is 0 Å². The number of hydrogen-bond donors (Lipinski definition) is 2. The van der Waals surface area contributed by atoms with E-state index in [-0.39, 0.29) is 69.4 Å². The fraction of sp³-hybridized carbons (Fsp3) is 0.471. The molecule has 0 radical (unpaired) electrons. The SMILES string of the molecule is CCOC(=O)c1c(NC(=O)CCN2C(=O)/C(=C3\SC(=S)N(CCC(=O)Nc4sc5c(c4C(=O)OCC)CCCC5)C3=O)SC2=S)sc2c1CCCC2. The van der Waals surface area contributed by atoms with E-state index < -0.39 is 23.8 Å². The first-order valence-electron chi connectivity index (χ1n) is 17.1. The van der Waals surface area contributed by atoms with Crippen LogP contribution in [0, 0.1) is 0 Å². The number of hydrogen-bond acceptors (Lipinski definition) is 14. The number of fused-ring (bicyclic) bond motifs is 2. The number of rotatable bonds is 12. The van der Waals surface area contributed by atoms with Crippen LogP contribution in [0.1, 0.15) is 94.0 Å². The molecule has 2 aromatic heterocycles. The Morgan fingerprint density at radius 3 is 1.42 bits per heavy atom. The molecule has 0 atom stereocenters. The normalized spacial score (nSPS) is 18.4. The average molecular weight is 821 g/mol. The molecular formula is C34H36N4O8S6. The van der Waals surface area contributed by atoms with Crippen molar-refractivity contribution in [2.24, 2.45) is 0 Å². The van der Waals surface area contributed by atoms with E-state index in [1.807, 2.05) is 0 Å². The number of anilines is 2. The molecule has 2 aromatic rings. The third kappa shape index (κ3) is 8.01. The van der Waals surface area contributed by atoms with Crippen LogP contribution in [-0.4, -0.2) is 80.3 Å². The topological polar surface area (TPSA) is 151 Å². The van der Waals surface area contributed by atoms with Crippen LogP contribution in [0.15, 0.2) is 9.81 Å². The second-order valence-corrected chi connectivity index (χ2v) is 17.7. The van der Waals surface area contributed by atoms with Gasteiger partial charge in [-0.3, -0.25) is 29.0 Å². The Bertz CT molecular complexity index is 1780. The molecule has 4 amide bonds. The van der Waals surface area contributed by atoms with Gasteiger partial charge in [0.2, 0.25) is 11.8 Å². The molecule has 2 fully saturated rings. The minimum atomic E-state index is -0.506. The summed E-state index contributed by atoms with van der Waals surface area (Å²) < 4.78 is 11.0. The zero-order chi connectivity index (χ0) is 37.1. The van der Waals surface area contributed by atoms with Crippen molar-refractivity contribution in [3.05, 3.63) is 41.8 Å². The second kappa shape index (κ2) is 16.9. The van der Waals surface area contributed by atoms with Crippen molar-refractivity contribution in [1.29, 1.82) is 0 Å². The smallest absolute Gasteiger partial charge is 0.341 e. The third-order valence-electron chi connectivity index (χ3n) is 8.84. The van der Waals surface area contributed by atoms with Crippen molar-refractivity contribution in [1.82, 2.24) is 9.80 Å². The zero-order valence-corrected chi connectivity index (χ0v) is 33.4. The van der Waals surface area contributed by atoms with E-state index in [0.717, 1.165) is 95.8 Å². The van der Waals surface area contributed by atoms with Gasteiger partial charge in [0.15, 0.2) is 0 Å². The maximum atomic E-state index is 13.5. The predicted octanol–water partition coefficient (Wildman–Crippen LogP) is 6.21. The summed E-state index contributed by atoms with van der Waals surface area (Å²) in [7, 11) is 0. The molecule has 0 spiro atoms. The van der Waals surface area contributed by atoms with Gasteiger partial charge in [0.25, 0.3) is 11.8 Å². The van der Waals surface area contributed by atoms with Crippen LogP contribution < -0.4 is 10.6 Å². The minimum absolute atomic E-state index is 0.0275. The maximum absolute atomic E-state index is 13.5. The monoisotopic (exact) mass is 820 g/mol. The fourth-order valence-electron chi connectivity index (χ4n) is 6.41. The Labute approximate surface area is 327 Å². The molecule has 4 aliphatic rings. The van der Waals surface area contributed by atoms with Gasteiger partial charge < -0.3 is 20.1 Å². The molecule has 12 nitrogen and oxygen atoms in total. The lowest BCUT2D eigenvalue weighted by molar-refractivity contribution is -0.125. The van der Waals surface area contributed by atoms with Gasteiger partial charge in [0, 0.05) is 35.7 Å². The van der Waals surface area contributed by atoms with Crippen LogP contribution in [-0.2, 0) is 54.3 Å². The van der Waals surface area contributed by atoms with Crippen molar-refractivity contribution in [3.63, 3.8) is 0 Å². The standard InChI is InChI=1S/C34H36N4O8S6/c1-3-45-31(43)23-17-9-5-7-11-19(17)49-27(23)35-21(39)13-15-37-29(41)25(51-33(37)47)26-30(42)38(34(48)52-26)16-14-22(40)36-28-24(32(44)46-4-2)18-10-6-8-12-20(18)50-28/h3-16H2,1-2H3,(H,35,39)(H,36,40)/b26-25+. The van der Waals surface area contributed by atoms with E-state index in [2.05, 4.69) is 10.6 Å². The lowest BCUT2D eigenvalue weighted by Crippen LogP contribution is -2.33. The number of carbonyl (C=O) groups is 6. The molecule has 276 valence electrons. The number of esters is 2. The molecule has 0 bridgehead atoms. The summed E-state index contributed by atoms with van der Waals surface area (Å²) in [5.74, 6) is -2.71. The molecule has 0 saturated carbocycles. The summed E-state index contributed by atoms with van der Waals surface area (Å²) in [6.07, 6.45) is 6.95. The first-order chi connectivity index (χ1) is 25.0. The number of thiocarbonyl (C=S) groups is 2. The maximum Gasteiger partial charge on any atom is 0.341 e. The molecule has 2 aliphatic heterocycles. The molecule has 6 rings (SSSR count). The van der Waals surface area contributed by atoms with Crippen molar-refractivity contribution in [3.8, 4) is 0 Å². The highest BCUT2D eigenvalue weighted by molar-refractivity contribution is 8.29. The highest BCUT2D eigenvalue weighted by atomic mass is 32.2. The number of amides is 4. The van der Waals surface area contributed by atoms with Crippen molar-refractivity contribution >= 4 is 125 Å². The van der Waals surface area contributed by atoms with Gasteiger partial charge >= 0.3 is 11.9 Å². The van der Waals surface area contributed by atoms with Crippen molar-refractivity contribution in [2.45, 2.75) is 78.1 Å². The lowest BCUT2D eigenvalue weighted by Gasteiger charge is -2.15. The van der Waals surface area contributed by atoms with Gasteiger partial charge in [-0.15, -0.1) is 22.7 Å². The van der Waals surface area contributed by atoms with Crippen LogP contribution in [0.4, 0.5) is 10.0 Å². The molecule has 0 aromatic carbocycles. The van der Waals surface area contributed by atoms with Crippen LogP contribution in [0.2, 0.25) is 0 Å². The molecule has 2 N–H and O–H groups in total. The van der Waals surface area contributed by atoms with Gasteiger partial charge in [0.1, 0.15) is 18.6 Å². The number of thiophene rings is 2. The second-order valence-electron chi connectivity index (χ2n) is 12.2. The Morgan fingerprint density at radius 1 is 0.654 bits per heavy atom. The highest BCUT2D eigenvalue weighted by Gasteiger charge is 2.42. The molecular weight excluding hydrogens is 785 g/mol. The quantitative estimate of drug-likeness (QED) is 0.142. The Kier molecular flexibility index (Phi) is 12.5. The number of thioether (sulfide) groups is 2. The van der Waals surface area contributed by atoms with E-state index in [9.17, 15) is 28.8 Å². The van der Waals surface area contributed by atoms with E-state index in [1.165, 1.54) is 32.5 Å². The van der Waals surface area contributed by atoms with Gasteiger partial charge in [-0.25, -0.2) is 9.59 Å². The molecule has 2 saturated heterocycles. The number of ether oxygens (including phenoxy) is 2. The number of carbonyl (C=O) groups excluding carboxylic acids is 6. The van der Waals surface area contributed by atoms with Crippen LogP contribution >= 0.6 is 70.6 Å². The van der Waals surface area contributed by atoms with E-state index in [0.29, 0.717) is 21.1 Å². The lowest BCUT2D eigenvalue weighted by atomic mass is 9.95. The summed E-state index contributed by atoms with van der Waals surface area (Å²) in [5.41, 5.74) is 2.69. The summed E-state index contributed by atoms with van der Waals surface area (Å²) in [6.45, 7) is 3.85. The molecule has 2 aliphatic carbocycles. The van der Waals surface area contributed by atoms with Crippen LogP contribution in [0.25, 0.3) is 0 Å². The minimum Gasteiger partial charge on any atom is -0.462 e. The summed E-state index contributed by atoms with van der Waals surface area (Å²) in [6, 6.07) is 0. The Morgan fingerprint density at radius 2 is 1.04 bits per heavy atom. The van der Waals surface area contributed by atoms with E-state index >= 15 is 0 Å². The Hall–Kier alpha value is -3.16. The number of aryl methyl sites for hydroxylation is 2. The first kappa shape index (κ1) is 38.6. The predicted molar refractivity (Wildman–Crippen MR) is 211 cm³/mol. The van der Waals surface area contributed by atoms with Gasteiger partial charge in [0.05, 0.1) is 34.2 Å². The van der Waals surface area contributed by atoms with Crippen molar-refractivity contribution < 1.29 is 38.2 Å². The van der Waals surface area contributed by atoms with Gasteiger partial charge in [-0.1, -0.05) is 48.0 Å². The molecule has 4 heterocycles. The summed E-state index contributed by atoms with van der Waals surface area (Å²) in [4.78, 5) is 83.7. The van der Waals surface area contributed by atoms with E-state index in [4.69, 9.17) is 33.9 Å². The first-order valence-corrected chi connectivity index (χ1v) is 21.1. The summed E-state index contributed by atoms with van der Waals surface area (Å²) >= 11 is 15.6. The number of nitrogens with zero attached hydrogens (tertiary/aromatic N) is 2. The van der Waals surface area contributed by atoms with E-state index in [1.54, 1.807) is 13.8 Å². The van der Waals surface area contributed by atoms with Gasteiger partial charge in [-0.2, -0.15) is 0 Å². The highest BCUT2D eigenvalue weighted by Crippen LogP contribution is 2.43. The van der Waals surface area contributed by atoms with Gasteiger partial charge in [-0.05, 0) is 76.3 Å². The molecule has 18 heteroatoms.